The summed E-state index contributed by atoms with van der Waals surface area (Å²) in [5.41, 5.74) is 12.2. The zero-order valence-electron chi connectivity index (χ0n) is 32.0. The van der Waals surface area contributed by atoms with Gasteiger partial charge in [-0.2, -0.15) is 0 Å². The molecular formula is C56H35NOS. The maximum atomic E-state index is 6.31. The van der Waals surface area contributed by atoms with Gasteiger partial charge in [0, 0.05) is 48.0 Å². The Hall–Kier alpha value is -7.46. The van der Waals surface area contributed by atoms with Crippen molar-refractivity contribution in [3.8, 4) is 33.4 Å². The quantitative estimate of drug-likeness (QED) is 0.167. The predicted molar refractivity (Wildman–Crippen MR) is 253 cm³/mol. The summed E-state index contributed by atoms with van der Waals surface area (Å²) >= 11 is 1.87. The molecule has 0 spiro atoms. The average Bonchev–Trinajstić information content (AvgIpc) is 3.88. The van der Waals surface area contributed by atoms with Gasteiger partial charge in [0.2, 0.25) is 0 Å². The van der Waals surface area contributed by atoms with Crippen LogP contribution >= 0.6 is 11.3 Å². The number of benzene rings is 10. The van der Waals surface area contributed by atoms with E-state index in [0.29, 0.717) is 0 Å². The molecule has 0 aliphatic heterocycles. The summed E-state index contributed by atoms with van der Waals surface area (Å²) in [4.78, 5) is 2.35. The first-order chi connectivity index (χ1) is 29.2. The van der Waals surface area contributed by atoms with E-state index in [4.69, 9.17) is 4.42 Å². The number of anilines is 3. The van der Waals surface area contributed by atoms with Crippen molar-refractivity contribution in [1.29, 1.82) is 0 Å². The lowest BCUT2D eigenvalue weighted by Crippen LogP contribution is -2.09. The Bertz CT molecular complexity index is 3330. The summed E-state index contributed by atoms with van der Waals surface area (Å²) in [6, 6.07) is 76.9. The lowest BCUT2D eigenvalue weighted by atomic mass is 9.99. The van der Waals surface area contributed by atoms with Gasteiger partial charge in [-0.3, -0.25) is 0 Å². The van der Waals surface area contributed by atoms with Crippen LogP contribution in [0.15, 0.2) is 217 Å². The maximum Gasteiger partial charge on any atom is 0.136 e. The molecule has 12 rings (SSSR count). The number of hydrogen-bond acceptors (Lipinski definition) is 3. The minimum absolute atomic E-state index is 0.905. The van der Waals surface area contributed by atoms with Crippen molar-refractivity contribution < 1.29 is 4.42 Å². The van der Waals surface area contributed by atoms with E-state index in [-0.39, 0.29) is 0 Å². The second-order valence-electron chi connectivity index (χ2n) is 15.3. The topological polar surface area (TPSA) is 16.4 Å². The Morgan fingerprint density at radius 1 is 0.305 bits per heavy atom. The summed E-state index contributed by atoms with van der Waals surface area (Å²) in [7, 11) is 0. The normalized spacial score (nSPS) is 11.7. The summed E-state index contributed by atoms with van der Waals surface area (Å²) < 4.78 is 8.96. The van der Waals surface area contributed by atoms with Gasteiger partial charge in [-0.1, -0.05) is 140 Å². The molecule has 0 amide bonds. The van der Waals surface area contributed by atoms with Crippen molar-refractivity contribution in [3.63, 3.8) is 0 Å². The SMILES string of the molecule is c1ccc(-c2ccc(N(c3ccc(-c4ccc5oc6ccc7ccccc7c6c5c4)cc3)c3ccc(-c4ccc5sc6ccc7ccccc7c6c5c4)cc3)cc2)cc1. The summed E-state index contributed by atoms with van der Waals surface area (Å²) in [5, 5.41) is 9.99. The van der Waals surface area contributed by atoms with Gasteiger partial charge in [-0.15, -0.1) is 11.3 Å². The second-order valence-corrected chi connectivity index (χ2v) is 16.4. The van der Waals surface area contributed by atoms with Crippen LogP contribution in [0.3, 0.4) is 0 Å². The third-order valence-corrected chi connectivity index (χ3v) is 13.0. The molecule has 0 bridgehead atoms. The highest BCUT2D eigenvalue weighted by atomic mass is 32.1. The number of hydrogen-bond donors (Lipinski definition) is 0. The highest BCUT2D eigenvalue weighted by molar-refractivity contribution is 7.26. The molecule has 0 aliphatic rings. The zero-order valence-corrected chi connectivity index (χ0v) is 32.8. The van der Waals surface area contributed by atoms with E-state index in [0.717, 1.165) is 44.7 Å². The van der Waals surface area contributed by atoms with Gasteiger partial charge in [0.05, 0.1) is 0 Å². The lowest BCUT2D eigenvalue weighted by molar-refractivity contribution is 0.669. The molecule has 0 saturated carbocycles. The lowest BCUT2D eigenvalue weighted by Gasteiger charge is -2.26. The summed E-state index contributed by atoms with van der Waals surface area (Å²) in [5.74, 6) is 0. The Kier molecular flexibility index (Phi) is 7.75. The number of nitrogens with zero attached hydrogens (tertiary/aromatic N) is 1. The largest absolute Gasteiger partial charge is 0.456 e. The molecule has 0 unspecified atom stereocenters. The fourth-order valence-electron chi connectivity index (χ4n) is 8.94. The first kappa shape index (κ1) is 33.7. The molecule has 10 aromatic carbocycles. The molecule has 0 N–H and O–H groups in total. The van der Waals surface area contributed by atoms with E-state index in [2.05, 4.69) is 217 Å². The van der Waals surface area contributed by atoms with Crippen LogP contribution in [0.1, 0.15) is 0 Å². The standard InChI is InChI=1S/C56H35NOS/c1-2-8-36(9-3-1)37-14-24-44(25-15-37)57(45-26-16-38(17-27-45)42-21-30-51-49(34-42)55-47-12-6-4-10-40(47)20-31-52(55)58-51)46-28-18-39(19-29-46)43-23-32-53-50(35-43)56-48-13-7-5-11-41(48)22-33-54(56)59-53/h1-35H. The third kappa shape index (κ3) is 5.70. The molecule has 0 aliphatic carbocycles. The van der Waals surface area contributed by atoms with E-state index >= 15 is 0 Å². The predicted octanol–water partition coefficient (Wildman–Crippen LogP) is 16.7. The first-order valence-electron chi connectivity index (χ1n) is 20.1. The molecule has 0 fully saturated rings. The van der Waals surface area contributed by atoms with Crippen LogP contribution in [0.5, 0.6) is 0 Å². The highest BCUT2D eigenvalue weighted by Gasteiger charge is 2.16. The van der Waals surface area contributed by atoms with E-state index in [1.807, 2.05) is 11.3 Å². The van der Waals surface area contributed by atoms with Gasteiger partial charge in [0.15, 0.2) is 0 Å². The number of rotatable bonds is 6. The van der Waals surface area contributed by atoms with Crippen LogP contribution in [0.25, 0.3) is 97.0 Å². The minimum atomic E-state index is 0.905. The smallest absolute Gasteiger partial charge is 0.136 e. The Balaban J connectivity index is 0.929. The van der Waals surface area contributed by atoms with Crippen molar-refractivity contribution in [1.82, 2.24) is 0 Å². The Morgan fingerprint density at radius 3 is 1.41 bits per heavy atom. The maximum absolute atomic E-state index is 6.31. The molecule has 0 atom stereocenters. The Labute approximate surface area is 345 Å². The van der Waals surface area contributed by atoms with E-state index < -0.39 is 0 Å². The van der Waals surface area contributed by atoms with Crippen LogP contribution in [0.4, 0.5) is 17.1 Å². The van der Waals surface area contributed by atoms with Gasteiger partial charge in [0.1, 0.15) is 11.2 Å². The van der Waals surface area contributed by atoms with Crippen LogP contribution in [0, 0.1) is 0 Å². The van der Waals surface area contributed by atoms with Gasteiger partial charge < -0.3 is 9.32 Å². The van der Waals surface area contributed by atoms with Crippen LogP contribution in [-0.4, -0.2) is 0 Å². The molecule has 0 radical (unpaired) electrons. The zero-order chi connectivity index (χ0) is 38.9. The van der Waals surface area contributed by atoms with Crippen molar-refractivity contribution >= 4 is 92.1 Å². The second kappa shape index (κ2) is 13.6. The van der Waals surface area contributed by atoms with Gasteiger partial charge >= 0.3 is 0 Å². The molecule has 2 aromatic heterocycles. The van der Waals surface area contributed by atoms with Crippen molar-refractivity contribution in [2.24, 2.45) is 0 Å². The van der Waals surface area contributed by atoms with Crippen LogP contribution in [-0.2, 0) is 0 Å². The van der Waals surface area contributed by atoms with Gasteiger partial charge in [0.25, 0.3) is 0 Å². The van der Waals surface area contributed by atoms with Crippen LogP contribution < -0.4 is 4.90 Å². The highest BCUT2D eigenvalue weighted by Crippen LogP contribution is 2.42. The van der Waals surface area contributed by atoms with Crippen molar-refractivity contribution in [3.05, 3.63) is 212 Å². The average molecular weight is 770 g/mol. The van der Waals surface area contributed by atoms with Gasteiger partial charge in [-0.05, 0) is 128 Å². The number of thiophene rings is 1. The molecular weight excluding hydrogens is 735 g/mol. The monoisotopic (exact) mass is 769 g/mol. The Morgan fingerprint density at radius 2 is 0.763 bits per heavy atom. The molecule has 276 valence electrons. The van der Waals surface area contributed by atoms with E-state index in [1.165, 1.54) is 69.4 Å². The molecule has 0 saturated heterocycles. The molecule has 59 heavy (non-hydrogen) atoms. The minimum Gasteiger partial charge on any atom is -0.456 e. The van der Waals surface area contributed by atoms with Gasteiger partial charge in [-0.25, -0.2) is 0 Å². The van der Waals surface area contributed by atoms with Crippen molar-refractivity contribution in [2.45, 2.75) is 0 Å². The molecule has 12 aromatic rings. The van der Waals surface area contributed by atoms with Crippen molar-refractivity contribution in [2.75, 3.05) is 4.90 Å². The first-order valence-corrected chi connectivity index (χ1v) is 20.9. The van der Waals surface area contributed by atoms with E-state index in [9.17, 15) is 0 Å². The fraction of sp³-hybridized carbons (Fsp3) is 0. The third-order valence-electron chi connectivity index (χ3n) is 11.9. The van der Waals surface area contributed by atoms with E-state index in [1.54, 1.807) is 0 Å². The number of fused-ring (bicyclic) bond motifs is 10. The number of furan rings is 1. The molecule has 3 heteroatoms. The summed E-state index contributed by atoms with van der Waals surface area (Å²) in [6.07, 6.45) is 0. The summed E-state index contributed by atoms with van der Waals surface area (Å²) in [6.45, 7) is 0. The van der Waals surface area contributed by atoms with Crippen LogP contribution in [0.2, 0.25) is 0 Å². The fourth-order valence-corrected chi connectivity index (χ4v) is 10.0. The molecule has 2 heterocycles. The molecule has 2 nitrogen and oxygen atoms in total.